The van der Waals surface area contributed by atoms with Crippen molar-refractivity contribution in [2.45, 2.75) is 57.8 Å². The fraction of sp³-hybridized carbons (Fsp3) is 0.414. The number of hydrogen-bond donors (Lipinski definition) is 2. The minimum absolute atomic E-state index is 0.0172. The Balaban J connectivity index is 1.39. The molecule has 0 bridgehead atoms. The Kier molecular flexibility index (Phi) is 11.3. The first-order valence-corrected chi connectivity index (χ1v) is 15.2. The number of nitrogens with one attached hydrogen (secondary N) is 2. The number of benzene rings is 1. The second-order valence-corrected chi connectivity index (χ2v) is 11.6. The zero-order chi connectivity index (χ0) is 29.0. The summed E-state index contributed by atoms with van der Waals surface area (Å²) in [6.45, 7) is 3.06. The first-order chi connectivity index (χ1) is 19.9. The Labute approximate surface area is 247 Å². The third kappa shape index (κ3) is 9.12. The topological polar surface area (TPSA) is 115 Å². The Morgan fingerprint density at radius 2 is 1.71 bits per heavy atom. The number of nitrogens with zero attached hydrogens (tertiary/aromatic N) is 1. The average molecular weight is 602 g/mol. The highest BCUT2D eigenvalue weighted by Gasteiger charge is 2.25. The smallest absolute Gasteiger partial charge is 0.410 e. The van der Waals surface area contributed by atoms with Crippen molar-refractivity contribution in [3.8, 4) is 11.5 Å². The number of carbonyl (C=O) groups excluding carboxylic acids is 3. The number of esters is 1. The highest BCUT2D eigenvalue weighted by atomic mass is 32.1. The monoisotopic (exact) mass is 601 g/mol. The fourth-order valence-corrected chi connectivity index (χ4v) is 5.73. The van der Waals surface area contributed by atoms with Gasteiger partial charge >= 0.3 is 18.1 Å². The number of amides is 3. The van der Waals surface area contributed by atoms with Gasteiger partial charge in [-0.05, 0) is 47.0 Å². The van der Waals surface area contributed by atoms with Crippen LogP contribution in [0.2, 0.25) is 0 Å². The number of rotatable bonds is 14. The van der Waals surface area contributed by atoms with Crippen LogP contribution in [0.25, 0.3) is 0 Å². The second-order valence-electron chi connectivity index (χ2n) is 9.49. The number of fused-ring (bicyclic) bond motifs is 1. The molecule has 41 heavy (non-hydrogen) atoms. The number of thiophene rings is 2. The van der Waals surface area contributed by atoms with E-state index in [0.29, 0.717) is 36.6 Å². The van der Waals surface area contributed by atoms with E-state index in [1.165, 1.54) is 7.11 Å². The molecule has 1 aromatic carbocycles. The fourth-order valence-electron chi connectivity index (χ4n) is 4.29. The minimum atomic E-state index is -0.668. The lowest BCUT2D eigenvalue weighted by Crippen LogP contribution is -2.46. The van der Waals surface area contributed by atoms with Crippen LogP contribution in [0, 0.1) is 0 Å². The van der Waals surface area contributed by atoms with Crippen molar-refractivity contribution in [2.24, 2.45) is 0 Å². The van der Waals surface area contributed by atoms with Gasteiger partial charge in [0.2, 0.25) is 6.79 Å². The van der Waals surface area contributed by atoms with Gasteiger partial charge in [0.1, 0.15) is 6.61 Å². The molecule has 0 fully saturated rings. The molecule has 1 aliphatic rings. The molecule has 0 saturated heterocycles. The molecule has 2 atom stereocenters. The summed E-state index contributed by atoms with van der Waals surface area (Å²) in [7, 11) is 1.30. The summed E-state index contributed by atoms with van der Waals surface area (Å²) < 4.78 is 21.4. The van der Waals surface area contributed by atoms with E-state index in [1.807, 2.05) is 35.0 Å². The molecule has 220 valence electrons. The van der Waals surface area contributed by atoms with Gasteiger partial charge in [0.25, 0.3) is 0 Å². The molecule has 3 heterocycles. The van der Waals surface area contributed by atoms with Crippen molar-refractivity contribution in [3.63, 3.8) is 0 Å². The zero-order valence-electron chi connectivity index (χ0n) is 23.1. The number of carbonyl (C=O) groups is 3. The number of methoxy groups -OCH3 is 1. The van der Waals surface area contributed by atoms with Crippen LogP contribution in [0.1, 0.15) is 54.0 Å². The van der Waals surface area contributed by atoms with Crippen LogP contribution < -0.4 is 20.1 Å². The van der Waals surface area contributed by atoms with Gasteiger partial charge in [-0.25, -0.2) is 9.59 Å². The SMILES string of the molecule is CCCCC(COC(=O)N(Cc1cccs1)Cc1cccs1)NC(=O)NC(CC(=O)OC)c1ccc2c(c1)OCO2. The molecule has 0 radical (unpaired) electrons. The number of ether oxygens (including phenoxy) is 4. The predicted octanol–water partition coefficient (Wildman–Crippen LogP) is 5.84. The molecule has 12 heteroatoms. The van der Waals surface area contributed by atoms with Gasteiger partial charge in [-0.2, -0.15) is 0 Å². The van der Waals surface area contributed by atoms with Gasteiger partial charge in [0, 0.05) is 9.75 Å². The van der Waals surface area contributed by atoms with Crippen LogP contribution in [-0.2, 0) is 27.4 Å². The number of unbranched alkanes of at least 4 members (excludes halogenated alkanes) is 1. The van der Waals surface area contributed by atoms with E-state index in [0.717, 1.165) is 22.6 Å². The van der Waals surface area contributed by atoms with Crippen molar-refractivity contribution in [1.82, 2.24) is 15.5 Å². The molecular formula is C29H35N3O7S2. The highest BCUT2D eigenvalue weighted by Crippen LogP contribution is 2.35. The molecule has 3 aromatic rings. The van der Waals surface area contributed by atoms with Gasteiger partial charge in [-0.3, -0.25) is 9.69 Å². The van der Waals surface area contributed by atoms with E-state index in [9.17, 15) is 14.4 Å². The molecule has 10 nitrogen and oxygen atoms in total. The second kappa shape index (κ2) is 15.3. The van der Waals surface area contributed by atoms with Crippen molar-refractivity contribution >= 4 is 40.8 Å². The van der Waals surface area contributed by atoms with Gasteiger partial charge in [-0.1, -0.05) is 38.0 Å². The lowest BCUT2D eigenvalue weighted by atomic mass is 10.0. The van der Waals surface area contributed by atoms with Gasteiger partial charge in [-0.15, -0.1) is 22.7 Å². The Hall–Kier alpha value is -3.77. The molecule has 0 spiro atoms. The number of urea groups is 1. The Bertz CT molecular complexity index is 1230. The van der Waals surface area contributed by atoms with E-state index in [-0.39, 0.29) is 19.8 Å². The largest absolute Gasteiger partial charge is 0.469 e. The van der Waals surface area contributed by atoms with Crippen LogP contribution in [0.5, 0.6) is 11.5 Å². The number of hydrogen-bond acceptors (Lipinski definition) is 9. The molecule has 2 N–H and O–H groups in total. The highest BCUT2D eigenvalue weighted by molar-refractivity contribution is 7.10. The van der Waals surface area contributed by atoms with E-state index < -0.39 is 30.2 Å². The lowest BCUT2D eigenvalue weighted by Gasteiger charge is -2.25. The molecule has 4 rings (SSSR count). The maximum absolute atomic E-state index is 13.2. The first-order valence-electron chi connectivity index (χ1n) is 13.4. The molecule has 2 aromatic heterocycles. The quantitative estimate of drug-likeness (QED) is 0.223. The van der Waals surface area contributed by atoms with Crippen molar-refractivity contribution < 1.29 is 33.3 Å². The minimum Gasteiger partial charge on any atom is -0.469 e. The van der Waals surface area contributed by atoms with E-state index in [2.05, 4.69) is 17.6 Å². The first kappa shape index (κ1) is 30.2. The van der Waals surface area contributed by atoms with Crippen molar-refractivity contribution in [2.75, 3.05) is 20.5 Å². The van der Waals surface area contributed by atoms with Crippen LogP contribution in [0.15, 0.2) is 53.2 Å². The van der Waals surface area contributed by atoms with E-state index in [4.69, 9.17) is 18.9 Å². The normalized spacial score (nSPS) is 13.2. The standard InChI is InChI=1S/C29H35N3O7S2/c1-3-4-7-21(18-37-29(35)32(16-22-8-5-12-40-22)17-23-9-6-13-41-23)30-28(34)31-24(15-27(33)36-2)20-10-11-25-26(14-20)39-19-38-25/h5-6,8-14,21,24H,3-4,7,15-19H2,1-2H3,(H2,30,31,34). The summed E-state index contributed by atoms with van der Waals surface area (Å²) >= 11 is 3.16. The average Bonchev–Trinajstić information content (AvgIpc) is 3.76. The summed E-state index contributed by atoms with van der Waals surface area (Å²) in [4.78, 5) is 42.2. The molecule has 0 aliphatic carbocycles. The van der Waals surface area contributed by atoms with Crippen LogP contribution in [0.3, 0.4) is 0 Å². The summed E-state index contributed by atoms with van der Waals surface area (Å²) in [5.74, 6) is 0.673. The predicted molar refractivity (Wildman–Crippen MR) is 156 cm³/mol. The van der Waals surface area contributed by atoms with Crippen molar-refractivity contribution in [1.29, 1.82) is 0 Å². The molecule has 1 aliphatic heterocycles. The Morgan fingerprint density at radius 1 is 1.00 bits per heavy atom. The molecule has 0 saturated carbocycles. The molecule has 3 amide bonds. The van der Waals surface area contributed by atoms with Gasteiger partial charge < -0.3 is 29.6 Å². The summed E-state index contributed by atoms with van der Waals surface area (Å²) in [6, 6.07) is 11.6. The summed E-state index contributed by atoms with van der Waals surface area (Å²) in [5, 5.41) is 9.76. The summed E-state index contributed by atoms with van der Waals surface area (Å²) in [5.41, 5.74) is 0.670. The van der Waals surface area contributed by atoms with E-state index in [1.54, 1.807) is 45.8 Å². The zero-order valence-corrected chi connectivity index (χ0v) is 24.8. The van der Waals surface area contributed by atoms with Gasteiger partial charge in [0.15, 0.2) is 11.5 Å². The van der Waals surface area contributed by atoms with E-state index >= 15 is 0 Å². The Morgan fingerprint density at radius 3 is 2.34 bits per heavy atom. The lowest BCUT2D eigenvalue weighted by molar-refractivity contribution is -0.141. The van der Waals surface area contributed by atoms with Crippen molar-refractivity contribution in [3.05, 3.63) is 68.5 Å². The summed E-state index contributed by atoms with van der Waals surface area (Å²) in [6.07, 6.45) is 1.86. The van der Waals surface area contributed by atoms with Gasteiger partial charge in [0.05, 0.1) is 38.7 Å². The third-order valence-corrected chi connectivity index (χ3v) is 8.19. The van der Waals surface area contributed by atoms with Crippen LogP contribution in [-0.4, -0.2) is 49.5 Å². The molecule has 2 unspecified atom stereocenters. The maximum Gasteiger partial charge on any atom is 0.410 e. The maximum atomic E-state index is 13.2. The van der Waals surface area contributed by atoms with Crippen LogP contribution >= 0.6 is 22.7 Å². The van der Waals surface area contributed by atoms with Crippen LogP contribution in [0.4, 0.5) is 9.59 Å². The third-order valence-electron chi connectivity index (χ3n) is 6.46. The molecular weight excluding hydrogens is 566 g/mol.